The summed E-state index contributed by atoms with van der Waals surface area (Å²) in [5, 5.41) is 3.39. The van der Waals surface area contributed by atoms with Crippen molar-refractivity contribution in [1.82, 2.24) is 15.3 Å². The summed E-state index contributed by atoms with van der Waals surface area (Å²) in [6, 6.07) is 11.9. The third-order valence-corrected chi connectivity index (χ3v) is 2.71. The molecule has 0 amide bonds. The van der Waals surface area contributed by atoms with Crippen LogP contribution >= 0.6 is 0 Å². The second-order valence-corrected chi connectivity index (χ2v) is 4.03. The summed E-state index contributed by atoms with van der Waals surface area (Å²) in [6.45, 7) is 2.78. The van der Waals surface area contributed by atoms with Crippen molar-refractivity contribution < 1.29 is 4.74 Å². The lowest BCUT2D eigenvalue weighted by Gasteiger charge is -2.13. The average Bonchev–Trinajstić information content (AvgIpc) is 2.46. The highest BCUT2D eigenvalue weighted by atomic mass is 16.5. The van der Waals surface area contributed by atoms with Gasteiger partial charge in [0.1, 0.15) is 0 Å². The second kappa shape index (κ2) is 6.12. The summed E-state index contributed by atoms with van der Waals surface area (Å²) < 4.78 is 5.10. The van der Waals surface area contributed by atoms with Gasteiger partial charge in [-0.15, -0.1) is 0 Å². The summed E-state index contributed by atoms with van der Waals surface area (Å²) in [5.74, 6) is 0.639. The van der Waals surface area contributed by atoms with E-state index in [0.29, 0.717) is 12.4 Å². The predicted octanol–water partition coefficient (Wildman–Crippen LogP) is 2.34. The van der Waals surface area contributed by atoms with Gasteiger partial charge in [-0.1, -0.05) is 12.1 Å². The maximum atomic E-state index is 5.10. The summed E-state index contributed by atoms with van der Waals surface area (Å²) in [7, 11) is 1.62. The Morgan fingerprint density at radius 3 is 2.83 bits per heavy atom. The fourth-order valence-electron chi connectivity index (χ4n) is 1.66. The van der Waals surface area contributed by atoms with E-state index < -0.39 is 0 Å². The summed E-state index contributed by atoms with van der Waals surface area (Å²) >= 11 is 0. The van der Waals surface area contributed by atoms with Crippen LogP contribution in [0.25, 0.3) is 0 Å². The highest BCUT2D eigenvalue weighted by Crippen LogP contribution is 2.10. The van der Waals surface area contributed by atoms with Gasteiger partial charge in [0.2, 0.25) is 5.88 Å². The molecule has 0 aliphatic heterocycles. The van der Waals surface area contributed by atoms with Crippen molar-refractivity contribution in [3.63, 3.8) is 0 Å². The molecule has 4 heteroatoms. The molecule has 18 heavy (non-hydrogen) atoms. The van der Waals surface area contributed by atoms with Gasteiger partial charge in [-0.2, -0.15) is 0 Å². The molecule has 4 nitrogen and oxygen atoms in total. The molecule has 0 aliphatic rings. The van der Waals surface area contributed by atoms with E-state index in [4.69, 9.17) is 4.74 Å². The molecule has 2 rings (SSSR count). The SMILES string of the molecule is COc1cccc(CN[C@H](C)c2ccccn2)n1. The summed E-state index contributed by atoms with van der Waals surface area (Å²) in [5.41, 5.74) is 1.98. The Balaban J connectivity index is 1.95. The molecule has 1 N–H and O–H groups in total. The first-order chi connectivity index (χ1) is 8.79. The fraction of sp³-hybridized carbons (Fsp3) is 0.286. The van der Waals surface area contributed by atoms with E-state index in [2.05, 4.69) is 22.2 Å². The van der Waals surface area contributed by atoms with Gasteiger partial charge in [0.25, 0.3) is 0 Å². The third-order valence-electron chi connectivity index (χ3n) is 2.71. The highest BCUT2D eigenvalue weighted by molar-refractivity contribution is 5.16. The van der Waals surface area contributed by atoms with Gasteiger partial charge in [0.15, 0.2) is 0 Å². The lowest BCUT2D eigenvalue weighted by atomic mass is 10.2. The van der Waals surface area contributed by atoms with E-state index in [1.807, 2.05) is 36.4 Å². The second-order valence-electron chi connectivity index (χ2n) is 4.03. The molecule has 2 heterocycles. The van der Waals surface area contributed by atoms with E-state index in [-0.39, 0.29) is 6.04 Å². The van der Waals surface area contributed by atoms with Crippen molar-refractivity contribution in [2.75, 3.05) is 7.11 Å². The van der Waals surface area contributed by atoms with E-state index in [1.165, 1.54) is 0 Å². The van der Waals surface area contributed by atoms with Crippen molar-refractivity contribution >= 4 is 0 Å². The van der Waals surface area contributed by atoms with Crippen LogP contribution in [0, 0.1) is 0 Å². The van der Waals surface area contributed by atoms with Gasteiger partial charge in [0.05, 0.1) is 18.5 Å². The molecule has 2 aromatic heterocycles. The van der Waals surface area contributed by atoms with Gasteiger partial charge in [-0.05, 0) is 25.1 Å². The van der Waals surface area contributed by atoms with Gasteiger partial charge in [-0.3, -0.25) is 4.98 Å². The highest BCUT2D eigenvalue weighted by Gasteiger charge is 2.06. The first kappa shape index (κ1) is 12.5. The molecule has 0 saturated carbocycles. The Morgan fingerprint density at radius 2 is 2.11 bits per heavy atom. The van der Waals surface area contributed by atoms with Gasteiger partial charge in [-0.25, -0.2) is 4.98 Å². The van der Waals surface area contributed by atoms with Crippen LogP contribution in [-0.4, -0.2) is 17.1 Å². The number of pyridine rings is 2. The number of rotatable bonds is 5. The zero-order chi connectivity index (χ0) is 12.8. The largest absolute Gasteiger partial charge is 0.481 e. The van der Waals surface area contributed by atoms with Crippen molar-refractivity contribution in [3.8, 4) is 5.88 Å². The Morgan fingerprint density at radius 1 is 1.22 bits per heavy atom. The first-order valence-electron chi connectivity index (χ1n) is 5.94. The lowest BCUT2D eigenvalue weighted by Crippen LogP contribution is -2.19. The fourth-order valence-corrected chi connectivity index (χ4v) is 1.66. The number of hydrogen-bond acceptors (Lipinski definition) is 4. The molecule has 0 saturated heterocycles. The maximum Gasteiger partial charge on any atom is 0.213 e. The normalized spacial score (nSPS) is 12.1. The number of methoxy groups -OCH3 is 1. The van der Waals surface area contributed by atoms with E-state index in [9.17, 15) is 0 Å². The minimum atomic E-state index is 0.194. The minimum absolute atomic E-state index is 0.194. The van der Waals surface area contributed by atoms with Crippen LogP contribution in [0.5, 0.6) is 5.88 Å². The number of aromatic nitrogens is 2. The van der Waals surface area contributed by atoms with Gasteiger partial charge < -0.3 is 10.1 Å². The molecule has 0 unspecified atom stereocenters. The zero-order valence-electron chi connectivity index (χ0n) is 10.6. The van der Waals surface area contributed by atoms with Crippen LogP contribution in [0.3, 0.4) is 0 Å². The smallest absolute Gasteiger partial charge is 0.213 e. The van der Waals surface area contributed by atoms with Crippen molar-refractivity contribution in [3.05, 3.63) is 54.0 Å². The predicted molar refractivity (Wildman–Crippen MR) is 70.3 cm³/mol. The van der Waals surface area contributed by atoms with Crippen LogP contribution in [0.2, 0.25) is 0 Å². The van der Waals surface area contributed by atoms with Crippen LogP contribution in [-0.2, 0) is 6.54 Å². The molecule has 0 aliphatic carbocycles. The average molecular weight is 243 g/mol. The van der Waals surface area contributed by atoms with Gasteiger partial charge in [0, 0.05) is 24.8 Å². The standard InChI is InChI=1S/C14H17N3O/c1-11(13-7-3-4-9-15-13)16-10-12-6-5-8-14(17-12)18-2/h3-9,11,16H,10H2,1-2H3/t11-/m1/s1. The van der Waals surface area contributed by atoms with E-state index >= 15 is 0 Å². The minimum Gasteiger partial charge on any atom is -0.481 e. The van der Waals surface area contributed by atoms with Gasteiger partial charge >= 0.3 is 0 Å². The van der Waals surface area contributed by atoms with Crippen LogP contribution in [0.4, 0.5) is 0 Å². The first-order valence-corrected chi connectivity index (χ1v) is 5.94. The Bertz CT molecular complexity index is 487. The molecule has 0 bridgehead atoms. The van der Waals surface area contributed by atoms with E-state index in [0.717, 1.165) is 11.4 Å². The number of ether oxygens (including phenoxy) is 1. The zero-order valence-corrected chi connectivity index (χ0v) is 10.6. The topological polar surface area (TPSA) is 47.0 Å². The number of hydrogen-bond donors (Lipinski definition) is 1. The molecular formula is C14H17N3O. The molecule has 94 valence electrons. The molecule has 1 atom stereocenters. The number of nitrogens with zero attached hydrogens (tertiary/aromatic N) is 2. The van der Waals surface area contributed by atoms with E-state index in [1.54, 1.807) is 13.3 Å². The maximum absolute atomic E-state index is 5.10. The molecule has 0 fully saturated rings. The summed E-state index contributed by atoms with van der Waals surface area (Å²) in [6.07, 6.45) is 1.80. The molecule has 0 aromatic carbocycles. The lowest BCUT2D eigenvalue weighted by molar-refractivity contribution is 0.395. The number of nitrogens with one attached hydrogen (secondary N) is 1. The third kappa shape index (κ3) is 3.28. The van der Waals surface area contributed by atoms with Crippen molar-refractivity contribution in [1.29, 1.82) is 0 Å². The Labute approximate surface area is 107 Å². The quantitative estimate of drug-likeness (QED) is 0.875. The molecular weight excluding hydrogens is 226 g/mol. The summed E-state index contributed by atoms with van der Waals surface area (Å²) in [4.78, 5) is 8.67. The molecule has 2 aromatic rings. The van der Waals surface area contributed by atoms with Crippen LogP contribution in [0.1, 0.15) is 24.4 Å². The molecule has 0 radical (unpaired) electrons. The van der Waals surface area contributed by atoms with Crippen LogP contribution in [0.15, 0.2) is 42.6 Å². The molecule has 0 spiro atoms. The Hall–Kier alpha value is -1.94. The van der Waals surface area contributed by atoms with Crippen molar-refractivity contribution in [2.24, 2.45) is 0 Å². The van der Waals surface area contributed by atoms with Crippen molar-refractivity contribution in [2.45, 2.75) is 19.5 Å². The monoisotopic (exact) mass is 243 g/mol. The van der Waals surface area contributed by atoms with Crippen LogP contribution < -0.4 is 10.1 Å². The Kier molecular flexibility index (Phi) is 4.25.